The van der Waals surface area contributed by atoms with E-state index in [1.54, 1.807) is 0 Å². The standard InChI is InChI=1S/C17H26O2S/c1-2-14-20-15-6-10-17(18-12-13-19-17)11-9-16-7-4-3-5-8-16/h3-5,7-8H,2,6,9-15H2,1H3. The summed E-state index contributed by atoms with van der Waals surface area (Å²) >= 11 is 2.04. The largest absolute Gasteiger partial charge is 0.348 e. The first kappa shape index (κ1) is 15.9. The van der Waals surface area contributed by atoms with Gasteiger partial charge in [0.15, 0.2) is 5.79 Å². The van der Waals surface area contributed by atoms with Crippen LogP contribution in [0.5, 0.6) is 0 Å². The van der Waals surface area contributed by atoms with E-state index < -0.39 is 0 Å². The Morgan fingerprint density at radius 1 is 1.05 bits per heavy atom. The second-order valence-corrected chi connectivity index (χ2v) is 6.53. The number of hydrogen-bond donors (Lipinski definition) is 0. The molecule has 3 heteroatoms. The van der Waals surface area contributed by atoms with E-state index >= 15 is 0 Å². The molecule has 2 rings (SSSR count). The maximum absolute atomic E-state index is 5.94. The SMILES string of the molecule is CCCSCCCC1(CCc2ccccc2)OCCO1. The van der Waals surface area contributed by atoms with Crippen molar-refractivity contribution in [2.75, 3.05) is 24.7 Å². The smallest absolute Gasteiger partial charge is 0.168 e. The van der Waals surface area contributed by atoms with Crippen LogP contribution in [-0.2, 0) is 15.9 Å². The van der Waals surface area contributed by atoms with Crippen molar-refractivity contribution in [2.24, 2.45) is 0 Å². The van der Waals surface area contributed by atoms with Crippen LogP contribution in [0.2, 0.25) is 0 Å². The van der Waals surface area contributed by atoms with Crippen LogP contribution >= 0.6 is 11.8 Å². The Labute approximate surface area is 127 Å². The zero-order valence-electron chi connectivity index (χ0n) is 12.5. The Kier molecular flexibility index (Phi) is 6.91. The monoisotopic (exact) mass is 294 g/mol. The van der Waals surface area contributed by atoms with Crippen molar-refractivity contribution >= 4 is 11.8 Å². The molecule has 1 aromatic carbocycles. The first-order valence-electron chi connectivity index (χ1n) is 7.74. The molecule has 1 heterocycles. The van der Waals surface area contributed by atoms with Crippen molar-refractivity contribution in [3.8, 4) is 0 Å². The maximum Gasteiger partial charge on any atom is 0.168 e. The van der Waals surface area contributed by atoms with Gasteiger partial charge >= 0.3 is 0 Å². The zero-order chi connectivity index (χ0) is 14.1. The quantitative estimate of drug-likeness (QED) is 0.633. The molecule has 1 saturated heterocycles. The van der Waals surface area contributed by atoms with Gasteiger partial charge in [-0.05, 0) is 36.3 Å². The van der Waals surface area contributed by atoms with E-state index in [0.717, 1.165) is 32.5 Å². The highest BCUT2D eigenvalue weighted by Gasteiger charge is 2.35. The lowest BCUT2D eigenvalue weighted by Gasteiger charge is -2.27. The lowest BCUT2D eigenvalue weighted by molar-refractivity contribution is -0.166. The Hall–Kier alpha value is -0.510. The number of hydrogen-bond acceptors (Lipinski definition) is 3. The van der Waals surface area contributed by atoms with Crippen molar-refractivity contribution < 1.29 is 9.47 Å². The van der Waals surface area contributed by atoms with Gasteiger partial charge < -0.3 is 9.47 Å². The molecule has 1 aliphatic rings. The van der Waals surface area contributed by atoms with Crippen LogP contribution < -0.4 is 0 Å². The second kappa shape index (κ2) is 8.71. The Bertz CT molecular complexity index is 361. The van der Waals surface area contributed by atoms with E-state index in [2.05, 4.69) is 37.3 Å². The summed E-state index contributed by atoms with van der Waals surface area (Å²) in [6.45, 7) is 3.73. The summed E-state index contributed by atoms with van der Waals surface area (Å²) in [5, 5.41) is 0. The molecular formula is C17H26O2S. The Balaban J connectivity index is 1.76. The van der Waals surface area contributed by atoms with Crippen molar-refractivity contribution in [2.45, 2.75) is 44.8 Å². The van der Waals surface area contributed by atoms with E-state index in [1.807, 2.05) is 11.8 Å². The molecule has 0 amide bonds. The summed E-state index contributed by atoms with van der Waals surface area (Å²) in [6, 6.07) is 10.6. The van der Waals surface area contributed by atoms with Crippen LogP contribution in [0.3, 0.4) is 0 Å². The highest BCUT2D eigenvalue weighted by Crippen LogP contribution is 2.30. The van der Waals surface area contributed by atoms with Gasteiger partial charge in [-0.2, -0.15) is 11.8 Å². The Morgan fingerprint density at radius 2 is 1.80 bits per heavy atom. The fourth-order valence-corrected chi connectivity index (χ4v) is 3.42. The van der Waals surface area contributed by atoms with Gasteiger partial charge in [-0.3, -0.25) is 0 Å². The van der Waals surface area contributed by atoms with Gasteiger partial charge in [0.1, 0.15) is 0 Å². The third-order valence-electron chi connectivity index (χ3n) is 3.65. The average molecular weight is 294 g/mol. The van der Waals surface area contributed by atoms with Crippen molar-refractivity contribution in [3.05, 3.63) is 35.9 Å². The molecule has 0 unspecified atom stereocenters. The first-order chi connectivity index (χ1) is 9.85. The highest BCUT2D eigenvalue weighted by atomic mass is 32.2. The maximum atomic E-state index is 5.94. The minimum Gasteiger partial charge on any atom is -0.348 e. The summed E-state index contributed by atoms with van der Waals surface area (Å²) in [7, 11) is 0. The summed E-state index contributed by atoms with van der Waals surface area (Å²) in [6.07, 6.45) is 5.46. The first-order valence-corrected chi connectivity index (χ1v) is 8.90. The topological polar surface area (TPSA) is 18.5 Å². The van der Waals surface area contributed by atoms with Crippen LogP contribution in [-0.4, -0.2) is 30.5 Å². The van der Waals surface area contributed by atoms with E-state index in [9.17, 15) is 0 Å². The molecule has 0 spiro atoms. The predicted molar refractivity (Wildman–Crippen MR) is 86.2 cm³/mol. The van der Waals surface area contributed by atoms with E-state index in [1.165, 1.54) is 29.9 Å². The number of benzene rings is 1. The second-order valence-electron chi connectivity index (χ2n) is 5.31. The molecular weight excluding hydrogens is 268 g/mol. The minimum absolute atomic E-state index is 0.317. The molecule has 112 valence electrons. The average Bonchev–Trinajstić information content (AvgIpc) is 2.95. The molecule has 0 radical (unpaired) electrons. The van der Waals surface area contributed by atoms with Crippen LogP contribution in [0.25, 0.3) is 0 Å². The fraction of sp³-hybridized carbons (Fsp3) is 0.647. The number of thioether (sulfide) groups is 1. The summed E-state index contributed by atoms with van der Waals surface area (Å²) in [4.78, 5) is 0. The van der Waals surface area contributed by atoms with Gasteiger partial charge in [-0.1, -0.05) is 37.3 Å². The highest BCUT2D eigenvalue weighted by molar-refractivity contribution is 7.99. The van der Waals surface area contributed by atoms with Crippen LogP contribution in [0.1, 0.15) is 38.2 Å². The Morgan fingerprint density at radius 3 is 2.50 bits per heavy atom. The summed E-state index contributed by atoms with van der Waals surface area (Å²) in [5.74, 6) is 2.16. The molecule has 2 nitrogen and oxygen atoms in total. The molecule has 0 aromatic heterocycles. The van der Waals surface area contributed by atoms with Crippen LogP contribution in [0, 0.1) is 0 Å². The zero-order valence-corrected chi connectivity index (χ0v) is 13.3. The summed E-state index contributed by atoms with van der Waals surface area (Å²) in [5.41, 5.74) is 1.37. The number of ether oxygens (including phenoxy) is 2. The third-order valence-corrected chi connectivity index (χ3v) is 4.92. The third kappa shape index (κ3) is 5.12. The molecule has 0 atom stereocenters. The van der Waals surface area contributed by atoms with Gasteiger partial charge in [0.25, 0.3) is 0 Å². The molecule has 0 bridgehead atoms. The van der Waals surface area contributed by atoms with Gasteiger partial charge in [0, 0.05) is 12.8 Å². The van der Waals surface area contributed by atoms with Crippen molar-refractivity contribution in [1.29, 1.82) is 0 Å². The number of rotatable bonds is 9. The molecule has 0 saturated carbocycles. The van der Waals surface area contributed by atoms with E-state index in [0.29, 0.717) is 0 Å². The number of aryl methyl sites for hydroxylation is 1. The van der Waals surface area contributed by atoms with Gasteiger partial charge in [0.2, 0.25) is 0 Å². The predicted octanol–water partition coefficient (Wildman–Crippen LogP) is 4.29. The molecule has 1 fully saturated rings. The molecule has 0 aliphatic carbocycles. The molecule has 1 aliphatic heterocycles. The summed E-state index contributed by atoms with van der Waals surface area (Å²) < 4.78 is 11.9. The van der Waals surface area contributed by atoms with Crippen LogP contribution in [0.15, 0.2) is 30.3 Å². The van der Waals surface area contributed by atoms with Crippen LogP contribution in [0.4, 0.5) is 0 Å². The van der Waals surface area contributed by atoms with E-state index in [-0.39, 0.29) is 5.79 Å². The van der Waals surface area contributed by atoms with E-state index in [4.69, 9.17) is 9.47 Å². The van der Waals surface area contributed by atoms with Crippen molar-refractivity contribution in [1.82, 2.24) is 0 Å². The lowest BCUT2D eigenvalue weighted by Crippen LogP contribution is -2.31. The minimum atomic E-state index is -0.317. The van der Waals surface area contributed by atoms with Crippen molar-refractivity contribution in [3.63, 3.8) is 0 Å². The lowest BCUT2D eigenvalue weighted by atomic mass is 10.0. The normalized spacial score (nSPS) is 17.4. The molecule has 1 aromatic rings. The molecule has 20 heavy (non-hydrogen) atoms. The van der Waals surface area contributed by atoms with Gasteiger partial charge in [-0.15, -0.1) is 0 Å². The fourth-order valence-electron chi connectivity index (χ4n) is 2.58. The molecule has 0 N–H and O–H groups in total. The van der Waals surface area contributed by atoms with Gasteiger partial charge in [-0.25, -0.2) is 0 Å². The van der Waals surface area contributed by atoms with Gasteiger partial charge in [0.05, 0.1) is 13.2 Å².